The van der Waals surface area contributed by atoms with Crippen molar-refractivity contribution in [3.63, 3.8) is 0 Å². The molecule has 0 spiro atoms. The van der Waals surface area contributed by atoms with Gasteiger partial charge in [0.2, 0.25) is 5.91 Å². The van der Waals surface area contributed by atoms with E-state index in [0.29, 0.717) is 0 Å². The van der Waals surface area contributed by atoms with Gasteiger partial charge < -0.3 is 20.0 Å². The largest absolute Gasteiger partial charge is 0.354 e. The molecule has 1 aliphatic heterocycles. The molecule has 2 rings (SSSR count). The molecule has 1 fully saturated rings. The topological polar surface area (TPSA) is 64.1 Å². The van der Waals surface area contributed by atoms with Crippen molar-refractivity contribution in [3.05, 3.63) is 24.4 Å². The van der Waals surface area contributed by atoms with Gasteiger partial charge in [-0.05, 0) is 26.0 Å². The lowest BCUT2D eigenvalue weighted by Gasteiger charge is -2.37. The van der Waals surface area contributed by atoms with E-state index in [1.165, 1.54) is 0 Å². The van der Waals surface area contributed by atoms with Crippen LogP contribution in [0.3, 0.4) is 0 Å². The number of carbonyl (C=O) groups excluding carboxylic acids is 1. The molecule has 0 aromatic carbocycles. The van der Waals surface area contributed by atoms with E-state index < -0.39 is 0 Å². The molecule has 1 aromatic heterocycles. The fourth-order valence-electron chi connectivity index (χ4n) is 2.47. The monoisotopic (exact) mass is 332 g/mol. The Bertz CT molecular complexity index is 549. The first-order chi connectivity index (χ1) is 11.5. The molecule has 132 valence electrons. The maximum absolute atomic E-state index is 11.8. The van der Waals surface area contributed by atoms with Gasteiger partial charge in [0, 0.05) is 52.5 Å². The Kier molecular flexibility index (Phi) is 6.40. The summed E-state index contributed by atoms with van der Waals surface area (Å²) < 4.78 is 0. The third-order valence-corrected chi connectivity index (χ3v) is 3.83. The molecule has 7 nitrogen and oxygen atoms in total. The zero-order chi connectivity index (χ0) is 17.5. The number of likely N-dealkylation sites (N-methyl/N-ethyl adjacent to an activating group) is 1. The number of guanidine groups is 1. The minimum absolute atomic E-state index is 0.00479. The van der Waals surface area contributed by atoms with Crippen molar-refractivity contribution in [1.82, 2.24) is 20.1 Å². The van der Waals surface area contributed by atoms with E-state index in [4.69, 9.17) is 0 Å². The van der Waals surface area contributed by atoms with Crippen molar-refractivity contribution in [2.24, 2.45) is 4.99 Å². The minimum Gasteiger partial charge on any atom is -0.354 e. The lowest BCUT2D eigenvalue weighted by atomic mass is 10.3. The van der Waals surface area contributed by atoms with Crippen LogP contribution < -0.4 is 10.2 Å². The Morgan fingerprint density at radius 2 is 2.00 bits per heavy atom. The van der Waals surface area contributed by atoms with Crippen molar-refractivity contribution in [2.45, 2.75) is 19.9 Å². The molecule has 0 bridgehead atoms. The highest BCUT2D eigenvalue weighted by atomic mass is 16.2. The van der Waals surface area contributed by atoms with E-state index in [9.17, 15) is 4.79 Å². The van der Waals surface area contributed by atoms with Crippen LogP contribution in [0, 0.1) is 0 Å². The number of pyridine rings is 1. The summed E-state index contributed by atoms with van der Waals surface area (Å²) in [6.07, 6.45) is 1.82. The third kappa shape index (κ3) is 5.11. The summed E-state index contributed by atoms with van der Waals surface area (Å²) in [6.45, 7) is 7.80. The number of nitrogens with one attached hydrogen (secondary N) is 1. The molecular weight excluding hydrogens is 304 g/mol. The molecule has 2 heterocycles. The van der Waals surface area contributed by atoms with E-state index in [1.807, 2.05) is 24.4 Å². The summed E-state index contributed by atoms with van der Waals surface area (Å²) in [6, 6.07) is 6.24. The summed E-state index contributed by atoms with van der Waals surface area (Å²) in [7, 11) is 3.50. The van der Waals surface area contributed by atoms with E-state index in [2.05, 4.69) is 38.9 Å². The van der Waals surface area contributed by atoms with Crippen molar-refractivity contribution >= 4 is 17.7 Å². The number of hydrogen-bond acceptors (Lipinski definition) is 4. The van der Waals surface area contributed by atoms with Crippen LogP contribution in [-0.2, 0) is 4.79 Å². The Labute approximate surface area is 144 Å². The molecule has 1 N–H and O–H groups in total. The number of aliphatic imine (C=N–C) groups is 1. The molecule has 0 unspecified atom stereocenters. The molecule has 0 aliphatic carbocycles. The fourth-order valence-corrected chi connectivity index (χ4v) is 2.47. The fraction of sp³-hybridized carbons (Fsp3) is 0.588. The van der Waals surface area contributed by atoms with E-state index in [-0.39, 0.29) is 18.5 Å². The minimum atomic E-state index is 0.00479. The second kappa shape index (κ2) is 8.52. The molecule has 24 heavy (non-hydrogen) atoms. The number of carbonyl (C=O) groups is 1. The standard InChI is InChI=1S/C17H28N6O/c1-14(2)20-17(19-13-16(24)21(3)4)23-11-9-22(10-12-23)15-7-5-6-8-18-15/h5-8,14H,9-13H2,1-4H3,(H,19,20). The van der Waals surface area contributed by atoms with Gasteiger partial charge in [-0.3, -0.25) is 4.79 Å². The predicted octanol–water partition coefficient (Wildman–Crippen LogP) is 0.646. The van der Waals surface area contributed by atoms with Gasteiger partial charge in [-0.15, -0.1) is 0 Å². The second-order valence-electron chi connectivity index (χ2n) is 6.39. The summed E-state index contributed by atoms with van der Waals surface area (Å²) >= 11 is 0. The predicted molar refractivity (Wildman–Crippen MR) is 97.3 cm³/mol. The van der Waals surface area contributed by atoms with E-state index in [1.54, 1.807) is 19.0 Å². The number of amides is 1. The van der Waals surface area contributed by atoms with Crippen molar-refractivity contribution < 1.29 is 4.79 Å². The molecular formula is C17H28N6O. The van der Waals surface area contributed by atoms with Gasteiger partial charge in [0.15, 0.2) is 5.96 Å². The number of aromatic nitrogens is 1. The highest BCUT2D eigenvalue weighted by Gasteiger charge is 2.21. The lowest BCUT2D eigenvalue weighted by molar-refractivity contribution is -0.127. The molecule has 0 saturated carbocycles. The second-order valence-corrected chi connectivity index (χ2v) is 6.39. The lowest BCUT2D eigenvalue weighted by Crippen LogP contribution is -2.54. The average molecular weight is 332 g/mol. The molecule has 1 aliphatic rings. The van der Waals surface area contributed by atoms with Crippen LogP contribution in [0.2, 0.25) is 0 Å². The van der Waals surface area contributed by atoms with Crippen molar-refractivity contribution in [2.75, 3.05) is 51.7 Å². The highest BCUT2D eigenvalue weighted by Crippen LogP contribution is 2.12. The van der Waals surface area contributed by atoms with Gasteiger partial charge in [0.1, 0.15) is 12.4 Å². The number of anilines is 1. The van der Waals surface area contributed by atoms with Crippen LogP contribution in [0.5, 0.6) is 0 Å². The summed E-state index contributed by atoms with van der Waals surface area (Å²) in [5.74, 6) is 1.82. The van der Waals surface area contributed by atoms with Gasteiger partial charge in [-0.2, -0.15) is 0 Å². The smallest absolute Gasteiger partial charge is 0.243 e. The summed E-state index contributed by atoms with van der Waals surface area (Å²) in [5, 5.41) is 3.37. The van der Waals surface area contributed by atoms with E-state index in [0.717, 1.165) is 38.0 Å². The number of hydrogen-bond donors (Lipinski definition) is 1. The van der Waals surface area contributed by atoms with Crippen LogP contribution in [0.25, 0.3) is 0 Å². The van der Waals surface area contributed by atoms with Gasteiger partial charge in [-0.1, -0.05) is 6.07 Å². The Balaban J connectivity index is 1.98. The zero-order valence-electron chi connectivity index (χ0n) is 15.1. The Morgan fingerprint density at radius 3 is 2.54 bits per heavy atom. The van der Waals surface area contributed by atoms with Gasteiger partial charge in [0.25, 0.3) is 0 Å². The average Bonchev–Trinajstić information content (AvgIpc) is 2.59. The van der Waals surface area contributed by atoms with Crippen molar-refractivity contribution in [3.8, 4) is 0 Å². The van der Waals surface area contributed by atoms with E-state index >= 15 is 0 Å². The summed E-state index contributed by atoms with van der Waals surface area (Å²) in [4.78, 5) is 26.8. The van der Waals surface area contributed by atoms with Gasteiger partial charge in [0.05, 0.1) is 0 Å². The van der Waals surface area contributed by atoms with Crippen LogP contribution in [0.15, 0.2) is 29.4 Å². The molecule has 1 saturated heterocycles. The molecule has 1 amide bonds. The van der Waals surface area contributed by atoms with Crippen LogP contribution in [-0.4, -0.2) is 79.5 Å². The maximum Gasteiger partial charge on any atom is 0.243 e. The Morgan fingerprint density at radius 1 is 1.29 bits per heavy atom. The normalized spacial score (nSPS) is 15.6. The summed E-state index contributed by atoms with van der Waals surface area (Å²) in [5.41, 5.74) is 0. The number of nitrogens with zero attached hydrogens (tertiary/aromatic N) is 5. The highest BCUT2D eigenvalue weighted by molar-refractivity contribution is 5.85. The first-order valence-electron chi connectivity index (χ1n) is 8.39. The van der Waals surface area contributed by atoms with Gasteiger partial charge >= 0.3 is 0 Å². The zero-order valence-corrected chi connectivity index (χ0v) is 15.1. The van der Waals surface area contributed by atoms with Crippen molar-refractivity contribution in [1.29, 1.82) is 0 Å². The molecule has 0 atom stereocenters. The Hall–Kier alpha value is -2.31. The van der Waals surface area contributed by atoms with Crippen LogP contribution in [0.4, 0.5) is 5.82 Å². The van der Waals surface area contributed by atoms with Gasteiger partial charge in [-0.25, -0.2) is 9.98 Å². The maximum atomic E-state index is 11.8. The number of piperazine rings is 1. The first-order valence-corrected chi connectivity index (χ1v) is 8.39. The third-order valence-electron chi connectivity index (χ3n) is 3.83. The molecule has 1 aromatic rings. The molecule has 7 heteroatoms. The van der Waals surface area contributed by atoms with Crippen LogP contribution >= 0.6 is 0 Å². The SMILES string of the molecule is CC(C)NC(=NCC(=O)N(C)C)N1CCN(c2ccccn2)CC1. The molecule has 0 radical (unpaired) electrons. The number of rotatable bonds is 4. The van der Waals surface area contributed by atoms with Crippen LogP contribution in [0.1, 0.15) is 13.8 Å². The quantitative estimate of drug-likeness (QED) is 0.648. The first kappa shape index (κ1) is 18.0.